The summed E-state index contributed by atoms with van der Waals surface area (Å²) < 4.78 is 0. The van der Waals surface area contributed by atoms with Gasteiger partial charge in [-0.15, -0.1) is 0 Å². The number of hydrogen-bond acceptors (Lipinski definition) is 6. The first-order valence-corrected chi connectivity index (χ1v) is 8.57. The van der Waals surface area contributed by atoms with Crippen molar-refractivity contribution in [3.8, 4) is 0 Å². The zero-order chi connectivity index (χ0) is 17.1. The molecule has 0 radical (unpaired) electrons. The third-order valence-corrected chi connectivity index (χ3v) is 4.35. The van der Waals surface area contributed by atoms with Crippen LogP contribution < -0.4 is 21.7 Å². The van der Waals surface area contributed by atoms with Gasteiger partial charge in [0.1, 0.15) is 5.82 Å². The summed E-state index contributed by atoms with van der Waals surface area (Å²) in [5.74, 6) is 1.58. The molecule has 0 saturated carbocycles. The first-order chi connectivity index (χ1) is 11.5. The standard InChI is InChI=1S/C18H26N6/c1-3-4-14-10-17(24-8-7-13(19)11-24)23-18(21-14)22-15-5-6-16(20)12(2)9-15/h5-6,9-10,13H,3-4,7-8,11,19-20H2,1-2H3,(H,21,22,23)/t13-/m0/s1. The van der Waals surface area contributed by atoms with E-state index in [-0.39, 0.29) is 6.04 Å². The van der Waals surface area contributed by atoms with Gasteiger partial charge in [-0.2, -0.15) is 4.98 Å². The van der Waals surface area contributed by atoms with Crippen molar-refractivity contribution >= 4 is 23.1 Å². The lowest BCUT2D eigenvalue weighted by molar-refractivity contribution is 0.751. The Kier molecular flexibility index (Phi) is 4.85. The quantitative estimate of drug-likeness (QED) is 0.731. The molecular weight excluding hydrogens is 300 g/mol. The van der Waals surface area contributed by atoms with Gasteiger partial charge in [0.25, 0.3) is 0 Å². The predicted octanol–water partition coefficient (Wildman–Crippen LogP) is 2.60. The molecule has 6 heteroatoms. The van der Waals surface area contributed by atoms with Gasteiger partial charge in [0.05, 0.1) is 0 Å². The van der Waals surface area contributed by atoms with E-state index in [1.165, 1.54) is 0 Å². The summed E-state index contributed by atoms with van der Waals surface area (Å²) in [5, 5.41) is 3.31. The molecule has 6 nitrogen and oxygen atoms in total. The van der Waals surface area contributed by atoms with Crippen molar-refractivity contribution in [1.29, 1.82) is 0 Å². The Morgan fingerprint density at radius 1 is 1.29 bits per heavy atom. The summed E-state index contributed by atoms with van der Waals surface area (Å²) in [7, 11) is 0. The molecule has 3 rings (SSSR count). The minimum Gasteiger partial charge on any atom is -0.399 e. The van der Waals surface area contributed by atoms with Crippen molar-refractivity contribution < 1.29 is 0 Å². The van der Waals surface area contributed by atoms with Crippen LogP contribution in [0.3, 0.4) is 0 Å². The van der Waals surface area contributed by atoms with Crippen molar-refractivity contribution in [3.63, 3.8) is 0 Å². The predicted molar refractivity (Wildman–Crippen MR) is 99.7 cm³/mol. The molecule has 0 amide bonds. The van der Waals surface area contributed by atoms with Crippen LogP contribution in [-0.4, -0.2) is 29.1 Å². The number of nitrogens with two attached hydrogens (primary N) is 2. The van der Waals surface area contributed by atoms with Crippen LogP contribution in [0.25, 0.3) is 0 Å². The molecule has 1 saturated heterocycles. The zero-order valence-corrected chi connectivity index (χ0v) is 14.4. The van der Waals surface area contributed by atoms with Gasteiger partial charge in [-0.05, 0) is 43.5 Å². The molecule has 1 fully saturated rings. The maximum Gasteiger partial charge on any atom is 0.229 e. The van der Waals surface area contributed by atoms with Gasteiger partial charge in [-0.1, -0.05) is 13.3 Å². The molecular formula is C18H26N6. The number of aromatic nitrogens is 2. The molecule has 0 spiro atoms. The van der Waals surface area contributed by atoms with Gasteiger partial charge in [0.15, 0.2) is 0 Å². The van der Waals surface area contributed by atoms with Crippen LogP contribution in [0.4, 0.5) is 23.1 Å². The van der Waals surface area contributed by atoms with Crippen molar-refractivity contribution in [2.24, 2.45) is 5.73 Å². The lowest BCUT2D eigenvalue weighted by Crippen LogP contribution is -2.27. The van der Waals surface area contributed by atoms with Gasteiger partial charge >= 0.3 is 0 Å². The largest absolute Gasteiger partial charge is 0.399 e. The fourth-order valence-corrected chi connectivity index (χ4v) is 2.96. The fraction of sp³-hybridized carbons (Fsp3) is 0.444. The van der Waals surface area contributed by atoms with Gasteiger partial charge < -0.3 is 21.7 Å². The Morgan fingerprint density at radius 3 is 2.79 bits per heavy atom. The average molecular weight is 326 g/mol. The molecule has 128 valence electrons. The fourth-order valence-electron chi connectivity index (χ4n) is 2.96. The Hall–Kier alpha value is -2.34. The number of benzene rings is 1. The van der Waals surface area contributed by atoms with E-state index in [2.05, 4.69) is 28.2 Å². The number of rotatable bonds is 5. The Balaban J connectivity index is 1.88. The summed E-state index contributed by atoms with van der Waals surface area (Å²) in [4.78, 5) is 11.6. The van der Waals surface area contributed by atoms with Gasteiger partial charge in [-0.3, -0.25) is 0 Å². The summed E-state index contributed by atoms with van der Waals surface area (Å²) in [5.41, 5.74) is 15.7. The molecule has 1 aromatic heterocycles. The first-order valence-electron chi connectivity index (χ1n) is 8.57. The second-order valence-electron chi connectivity index (χ2n) is 6.48. The molecule has 2 heterocycles. The van der Waals surface area contributed by atoms with E-state index >= 15 is 0 Å². The second kappa shape index (κ2) is 7.05. The van der Waals surface area contributed by atoms with Crippen LogP contribution in [-0.2, 0) is 6.42 Å². The lowest BCUT2D eigenvalue weighted by Gasteiger charge is -2.19. The van der Waals surface area contributed by atoms with Crippen LogP contribution in [0.5, 0.6) is 0 Å². The average Bonchev–Trinajstić information content (AvgIpc) is 2.98. The second-order valence-corrected chi connectivity index (χ2v) is 6.48. The number of hydrogen-bond donors (Lipinski definition) is 3. The molecule has 1 aromatic carbocycles. The number of nitrogens with zero attached hydrogens (tertiary/aromatic N) is 3. The molecule has 2 aromatic rings. The van der Waals surface area contributed by atoms with E-state index < -0.39 is 0 Å². The molecule has 1 aliphatic heterocycles. The highest BCUT2D eigenvalue weighted by molar-refractivity contribution is 5.61. The molecule has 5 N–H and O–H groups in total. The zero-order valence-electron chi connectivity index (χ0n) is 14.4. The topological polar surface area (TPSA) is 93.1 Å². The highest BCUT2D eigenvalue weighted by Gasteiger charge is 2.21. The van der Waals surface area contributed by atoms with Crippen molar-refractivity contribution in [3.05, 3.63) is 35.5 Å². The van der Waals surface area contributed by atoms with E-state index in [0.29, 0.717) is 5.95 Å². The highest BCUT2D eigenvalue weighted by Crippen LogP contribution is 2.23. The third kappa shape index (κ3) is 3.76. The van der Waals surface area contributed by atoms with Crippen molar-refractivity contribution in [2.75, 3.05) is 29.0 Å². The monoisotopic (exact) mass is 326 g/mol. The van der Waals surface area contributed by atoms with Crippen LogP contribution in [0.2, 0.25) is 0 Å². The number of aryl methyl sites for hydroxylation is 2. The van der Waals surface area contributed by atoms with E-state index in [9.17, 15) is 0 Å². The maximum atomic E-state index is 6.04. The summed E-state index contributed by atoms with van der Waals surface area (Å²) >= 11 is 0. The maximum absolute atomic E-state index is 6.04. The minimum absolute atomic E-state index is 0.228. The summed E-state index contributed by atoms with van der Waals surface area (Å²) in [6, 6.07) is 8.17. The molecule has 24 heavy (non-hydrogen) atoms. The van der Waals surface area contributed by atoms with Crippen LogP contribution in [0, 0.1) is 6.92 Å². The first kappa shape index (κ1) is 16.5. The van der Waals surface area contributed by atoms with Crippen LogP contribution in [0.15, 0.2) is 24.3 Å². The Bertz CT molecular complexity index is 715. The molecule has 1 atom stereocenters. The van der Waals surface area contributed by atoms with Crippen molar-refractivity contribution in [1.82, 2.24) is 9.97 Å². The van der Waals surface area contributed by atoms with E-state index in [4.69, 9.17) is 16.5 Å². The normalized spacial score (nSPS) is 17.3. The molecule has 0 bridgehead atoms. The highest BCUT2D eigenvalue weighted by atomic mass is 15.2. The minimum atomic E-state index is 0.228. The Labute approximate surface area is 143 Å². The van der Waals surface area contributed by atoms with E-state index in [0.717, 1.165) is 60.8 Å². The van der Waals surface area contributed by atoms with Gasteiger partial charge in [0, 0.05) is 42.3 Å². The number of nitrogen functional groups attached to an aromatic ring is 1. The summed E-state index contributed by atoms with van der Waals surface area (Å²) in [6.07, 6.45) is 2.99. The van der Waals surface area contributed by atoms with Crippen LogP contribution in [0.1, 0.15) is 31.0 Å². The van der Waals surface area contributed by atoms with E-state index in [1.807, 2.05) is 25.1 Å². The van der Waals surface area contributed by atoms with Crippen LogP contribution >= 0.6 is 0 Å². The van der Waals surface area contributed by atoms with Gasteiger partial charge in [0.2, 0.25) is 5.95 Å². The lowest BCUT2D eigenvalue weighted by atomic mass is 10.2. The smallest absolute Gasteiger partial charge is 0.229 e. The number of anilines is 4. The van der Waals surface area contributed by atoms with E-state index in [1.54, 1.807) is 0 Å². The molecule has 1 aliphatic rings. The molecule has 0 unspecified atom stereocenters. The summed E-state index contributed by atoms with van der Waals surface area (Å²) in [6.45, 7) is 5.95. The third-order valence-electron chi connectivity index (χ3n) is 4.35. The van der Waals surface area contributed by atoms with Crippen molar-refractivity contribution in [2.45, 2.75) is 39.2 Å². The van der Waals surface area contributed by atoms with Gasteiger partial charge in [-0.25, -0.2) is 4.98 Å². The molecule has 0 aliphatic carbocycles. The Morgan fingerprint density at radius 2 is 2.12 bits per heavy atom. The number of nitrogens with one attached hydrogen (secondary N) is 1. The SMILES string of the molecule is CCCc1cc(N2CC[C@H](N)C2)nc(Nc2ccc(N)c(C)c2)n1.